The molecule has 0 saturated carbocycles. The van der Waals surface area contributed by atoms with Crippen molar-refractivity contribution < 1.29 is 14.3 Å². The summed E-state index contributed by atoms with van der Waals surface area (Å²) in [6.45, 7) is 0. The van der Waals surface area contributed by atoms with Crippen LogP contribution in [0, 0.1) is 0 Å². The first-order chi connectivity index (χ1) is 11.2. The topological polar surface area (TPSA) is 80.1 Å². The molecule has 0 bridgehead atoms. The van der Waals surface area contributed by atoms with E-state index in [4.69, 9.17) is 4.74 Å². The van der Waals surface area contributed by atoms with E-state index in [2.05, 4.69) is 15.5 Å². The fourth-order valence-electron chi connectivity index (χ4n) is 2.15. The number of carbonyl (C=O) groups excluding carboxylic acids is 2. The molecule has 1 aliphatic heterocycles. The van der Waals surface area contributed by atoms with Gasteiger partial charge in [0.1, 0.15) is 11.5 Å². The van der Waals surface area contributed by atoms with Crippen molar-refractivity contribution in [1.29, 1.82) is 0 Å². The molecule has 0 radical (unpaired) electrons. The quantitative estimate of drug-likeness (QED) is 0.694. The van der Waals surface area contributed by atoms with E-state index in [-0.39, 0.29) is 17.4 Å². The van der Waals surface area contributed by atoms with Gasteiger partial charge in [-0.05, 0) is 29.0 Å². The molecular weight excluding hydrogens is 294 g/mol. The zero-order valence-electron chi connectivity index (χ0n) is 12.3. The Labute approximate surface area is 132 Å². The molecule has 0 aliphatic carbocycles. The second kappa shape index (κ2) is 6.23. The van der Waals surface area contributed by atoms with Gasteiger partial charge in [-0.2, -0.15) is 5.10 Å². The predicted octanol–water partition coefficient (Wildman–Crippen LogP) is 2.10. The maximum Gasteiger partial charge on any atom is 0.291 e. The van der Waals surface area contributed by atoms with Gasteiger partial charge in [0, 0.05) is 17.8 Å². The lowest BCUT2D eigenvalue weighted by Gasteiger charge is -2.03. The first kappa shape index (κ1) is 14.6. The molecule has 1 aliphatic rings. The molecule has 0 unspecified atom stereocenters. The molecule has 0 saturated heterocycles. The number of nitrogens with zero attached hydrogens (tertiary/aromatic N) is 2. The Morgan fingerprint density at radius 1 is 1.22 bits per heavy atom. The second-order valence-electron chi connectivity index (χ2n) is 4.82. The molecule has 6 heteroatoms. The van der Waals surface area contributed by atoms with Gasteiger partial charge in [-0.1, -0.05) is 18.2 Å². The Balaban J connectivity index is 1.81. The van der Waals surface area contributed by atoms with E-state index < -0.39 is 0 Å². The van der Waals surface area contributed by atoms with Crippen molar-refractivity contribution in [1.82, 2.24) is 5.43 Å². The number of ether oxygens (including phenoxy) is 1. The van der Waals surface area contributed by atoms with Crippen LogP contribution in [0.3, 0.4) is 0 Å². The summed E-state index contributed by atoms with van der Waals surface area (Å²) < 4.78 is 5.17. The second-order valence-corrected chi connectivity index (χ2v) is 4.82. The monoisotopic (exact) mass is 307 g/mol. The number of benzene rings is 2. The number of allylic oxidation sites excluding steroid dienone is 1. The molecule has 2 aromatic rings. The van der Waals surface area contributed by atoms with Crippen LogP contribution < -0.4 is 10.2 Å². The van der Waals surface area contributed by atoms with Gasteiger partial charge in [0.25, 0.3) is 5.91 Å². The molecule has 1 heterocycles. The third-order valence-corrected chi connectivity index (χ3v) is 3.36. The third kappa shape index (κ3) is 3.16. The van der Waals surface area contributed by atoms with Crippen molar-refractivity contribution in [3.63, 3.8) is 0 Å². The summed E-state index contributed by atoms with van der Waals surface area (Å²) in [5, 5.41) is 5.50. The van der Waals surface area contributed by atoms with Crippen LogP contribution >= 0.6 is 0 Å². The van der Waals surface area contributed by atoms with Crippen LogP contribution in [-0.4, -0.2) is 30.7 Å². The molecule has 0 spiro atoms. The number of amides is 1. The highest BCUT2D eigenvalue weighted by atomic mass is 16.5. The molecule has 3 rings (SSSR count). The largest absolute Gasteiger partial charge is 0.497 e. The number of rotatable bonds is 4. The smallest absolute Gasteiger partial charge is 0.291 e. The van der Waals surface area contributed by atoms with Gasteiger partial charge in [-0.15, -0.1) is 0 Å². The molecule has 114 valence electrons. The van der Waals surface area contributed by atoms with Crippen LogP contribution in [0.5, 0.6) is 5.75 Å². The summed E-state index contributed by atoms with van der Waals surface area (Å²) >= 11 is 0. The minimum Gasteiger partial charge on any atom is -0.497 e. The van der Waals surface area contributed by atoms with Crippen molar-refractivity contribution in [2.45, 2.75) is 0 Å². The third-order valence-electron chi connectivity index (χ3n) is 3.36. The highest BCUT2D eigenvalue weighted by Crippen LogP contribution is 2.22. The molecular formula is C17H13N3O3. The van der Waals surface area contributed by atoms with E-state index in [9.17, 15) is 9.59 Å². The average Bonchev–Trinajstić information content (AvgIpc) is 2.99. The first-order valence-corrected chi connectivity index (χ1v) is 6.87. The van der Waals surface area contributed by atoms with Crippen LogP contribution in [0.15, 0.2) is 58.8 Å². The molecule has 6 nitrogen and oxygen atoms in total. The van der Waals surface area contributed by atoms with Crippen molar-refractivity contribution in [2.75, 3.05) is 7.11 Å². The van der Waals surface area contributed by atoms with Crippen molar-refractivity contribution >= 4 is 34.4 Å². The normalized spacial score (nSPS) is 15.5. The van der Waals surface area contributed by atoms with E-state index in [1.54, 1.807) is 19.2 Å². The highest BCUT2D eigenvalue weighted by molar-refractivity contribution is 6.62. The lowest BCUT2D eigenvalue weighted by molar-refractivity contribution is -0.114. The summed E-state index contributed by atoms with van der Waals surface area (Å²) in [4.78, 5) is 27.3. The average molecular weight is 307 g/mol. The number of hydrogen-bond acceptors (Lipinski definition) is 5. The van der Waals surface area contributed by atoms with Crippen molar-refractivity contribution in [2.24, 2.45) is 10.1 Å². The Bertz CT molecular complexity index is 882. The maximum absolute atomic E-state index is 12.2. The highest BCUT2D eigenvalue weighted by Gasteiger charge is 2.12. The van der Waals surface area contributed by atoms with Gasteiger partial charge in [0.2, 0.25) is 0 Å². The van der Waals surface area contributed by atoms with Gasteiger partial charge < -0.3 is 4.74 Å². The van der Waals surface area contributed by atoms with Gasteiger partial charge in [0.15, 0.2) is 5.78 Å². The molecule has 0 aromatic heterocycles. The Morgan fingerprint density at radius 2 is 2.00 bits per heavy atom. The zero-order chi connectivity index (χ0) is 16.2. The number of aliphatic imine (C=N–C) groups is 1. The van der Waals surface area contributed by atoms with E-state index in [0.29, 0.717) is 5.56 Å². The molecule has 0 atom stereocenters. The Morgan fingerprint density at radius 3 is 2.74 bits per heavy atom. The summed E-state index contributed by atoms with van der Waals surface area (Å²) in [5.74, 6) is 0.188. The standard InChI is InChI=1S/C17H13N3O3/c1-23-14-5-4-11-8-13(3-2-12(11)9-14)16(21)6-7-18-15-10-19-20-17(15)22/h2-10H,1H3,(H,18,20,22)/b7-6+. The number of carbonyl (C=O) groups is 2. The van der Waals surface area contributed by atoms with Crippen molar-refractivity contribution in [3.8, 4) is 5.75 Å². The number of ketones is 1. The molecule has 23 heavy (non-hydrogen) atoms. The predicted molar refractivity (Wildman–Crippen MR) is 88.0 cm³/mol. The number of fused-ring (bicyclic) bond motifs is 1. The molecule has 1 N–H and O–H groups in total. The lowest BCUT2D eigenvalue weighted by atomic mass is 10.0. The summed E-state index contributed by atoms with van der Waals surface area (Å²) in [6, 6.07) is 11.1. The summed E-state index contributed by atoms with van der Waals surface area (Å²) in [6.07, 6.45) is 3.92. The van der Waals surface area contributed by atoms with Gasteiger partial charge in [-0.25, -0.2) is 10.4 Å². The van der Waals surface area contributed by atoms with Crippen molar-refractivity contribution in [3.05, 3.63) is 54.2 Å². The molecule has 2 aromatic carbocycles. The summed E-state index contributed by atoms with van der Waals surface area (Å²) in [7, 11) is 1.61. The van der Waals surface area contributed by atoms with E-state index in [0.717, 1.165) is 16.5 Å². The van der Waals surface area contributed by atoms with Crippen LogP contribution in [-0.2, 0) is 4.79 Å². The summed E-state index contributed by atoms with van der Waals surface area (Å²) in [5.41, 5.74) is 2.95. The Hall–Kier alpha value is -3.28. The van der Waals surface area contributed by atoms with E-state index >= 15 is 0 Å². The SMILES string of the molecule is COc1ccc2cc(C(=O)/C=C/N=C3C=NNC3=O)ccc2c1. The van der Waals surface area contributed by atoms with Crippen LogP contribution in [0.2, 0.25) is 0 Å². The number of methoxy groups -OCH3 is 1. The minimum absolute atomic E-state index is 0.166. The molecule has 1 amide bonds. The Kier molecular flexibility index (Phi) is 3.97. The van der Waals surface area contributed by atoms with E-state index in [1.807, 2.05) is 24.3 Å². The van der Waals surface area contributed by atoms with Gasteiger partial charge in [0.05, 0.1) is 13.3 Å². The van der Waals surface area contributed by atoms with Gasteiger partial charge in [-0.3, -0.25) is 9.59 Å². The van der Waals surface area contributed by atoms with Crippen LogP contribution in [0.1, 0.15) is 10.4 Å². The van der Waals surface area contributed by atoms with Gasteiger partial charge >= 0.3 is 0 Å². The first-order valence-electron chi connectivity index (χ1n) is 6.87. The fourth-order valence-corrected chi connectivity index (χ4v) is 2.15. The van der Waals surface area contributed by atoms with E-state index in [1.165, 1.54) is 18.5 Å². The minimum atomic E-state index is -0.387. The lowest BCUT2D eigenvalue weighted by Crippen LogP contribution is -2.19. The maximum atomic E-state index is 12.2. The number of nitrogens with one attached hydrogen (secondary N) is 1. The van der Waals surface area contributed by atoms with Crippen LogP contribution in [0.4, 0.5) is 0 Å². The van der Waals surface area contributed by atoms with Crippen LogP contribution in [0.25, 0.3) is 10.8 Å². The molecule has 0 fully saturated rings. The number of hydrogen-bond donors (Lipinski definition) is 1. The number of hydrazone groups is 1. The zero-order valence-corrected chi connectivity index (χ0v) is 12.3. The fraction of sp³-hybridized carbons (Fsp3) is 0.0588.